The van der Waals surface area contributed by atoms with Crippen LogP contribution in [0.25, 0.3) is 0 Å². The quantitative estimate of drug-likeness (QED) is 0.213. The van der Waals surface area contributed by atoms with E-state index in [9.17, 15) is 34.2 Å². The molecule has 0 saturated carbocycles. The van der Waals surface area contributed by atoms with Crippen LogP contribution in [0.2, 0.25) is 0 Å². The molecule has 13 nitrogen and oxygen atoms in total. The average Bonchev–Trinajstić information content (AvgIpc) is 3.48. The molecule has 2 rings (SSSR count). The van der Waals surface area contributed by atoms with Crippen molar-refractivity contribution in [3.8, 4) is 0 Å². The van der Waals surface area contributed by atoms with Crippen LogP contribution in [0.5, 0.6) is 0 Å². The largest absolute Gasteiger partial charge is 0.481 e. The highest BCUT2D eigenvalue weighted by Crippen LogP contribution is 2.21. The predicted octanol–water partition coefficient (Wildman–Crippen LogP) is -1.15. The number of nitrogens with two attached hydrogens (primary N) is 1. The number of nitrogens with one attached hydrogen (secondary N) is 3. The Morgan fingerprint density at radius 2 is 1.94 bits per heavy atom. The van der Waals surface area contributed by atoms with Crippen molar-refractivity contribution in [3.63, 3.8) is 0 Å². The first kappa shape index (κ1) is 26.8. The summed E-state index contributed by atoms with van der Waals surface area (Å²) in [6, 6.07) is -4.59. The van der Waals surface area contributed by atoms with Gasteiger partial charge in [-0.25, -0.2) is 9.78 Å². The SMILES string of the molecule is CCC(C)C(N)C(=O)N1CCCC1C(=O)NC(CC(=O)O)C(=O)NC(Cc1cnc[nH]1)C(=O)O. The molecule has 0 spiro atoms. The molecule has 3 amide bonds. The van der Waals surface area contributed by atoms with Crippen LogP contribution < -0.4 is 16.4 Å². The molecular formula is C21H32N6O7. The molecule has 0 bridgehead atoms. The molecule has 13 heteroatoms. The number of hydrogen-bond donors (Lipinski definition) is 6. The summed E-state index contributed by atoms with van der Waals surface area (Å²) >= 11 is 0. The van der Waals surface area contributed by atoms with E-state index in [1.165, 1.54) is 17.4 Å². The molecule has 7 N–H and O–H groups in total. The van der Waals surface area contributed by atoms with E-state index in [0.717, 1.165) is 0 Å². The van der Waals surface area contributed by atoms with Crippen molar-refractivity contribution in [3.05, 3.63) is 18.2 Å². The molecule has 0 aromatic carbocycles. The number of imidazole rings is 1. The molecule has 0 aliphatic carbocycles. The van der Waals surface area contributed by atoms with Crippen molar-refractivity contribution in [2.45, 2.75) is 70.1 Å². The van der Waals surface area contributed by atoms with Crippen LogP contribution in [0.1, 0.15) is 45.2 Å². The summed E-state index contributed by atoms with van der Waals surface area (Å²) in [6.07, 6.45) is 3.44. The van der Waals surface area contributed by atoms with Crippen molar-refractivity contribution in [1.82, 2.24) is 25.5 Å². The van der Waals surface area contributed by atoms with Gasteiger partial charge in [-0.3, -0.25) is 19.2 Å². The van der Waals surface area contributed by atoms with Crippen molar-refractivity contribution < 1.29 is 34.2 Å². The number of aromatic nitrogens is 2. The van der Waals surface area contributed by atoms with E-state index in [2.05, 4.69) is 20.6 Å². The second-order valence-electron chi connectivity index (χ2n) is 8.44. The van der Waals surface area contributed by atoms with Crippen LogP contribution in [0.4, 0.5) is 0 Å². The number of carbonyl (C=O) groups is 5. The van der Waals surface area contributed by atoms with Crippen molar-refractivity contribution in [2.24, 2.45) is 11.7 Å². The number of hydrogen-bond acceptors (Lipinski definition) is 7. The minimum absolute atomic E-state index is 0.0924. The lowest BCUT2D eigenvalue weighted by atomic mass is 9.98. The number of nitrogens with zero attached hydrogens (tertiary/aromatic N) is 2. The minimum Gasteiger partial charge on any atom is -0.481 e. The maximum Gasteiger partial charge on any atom is 0.326 e. The van der Waals surface area contributed by atoms with E-state index in [1.807, 2.05) is 13.8 Å². The fraction of sp³-hybridized carbons (Fsp3) is 0.619. The van der Waals surface area contributed by atoms with Gasteiger partial charge in [0.15, 0.2) is 0 Å². The van der Waals surface area contributed by atoms with Crippen molar-refractivity contribution in [1.29, 1.82) is 0 Å². The molecular weight excluding hydrogens is 448 g/mol. The summed E-state index contributed by atoms with van der Waals surface area (Å²) in [5.74, 6) is -4.82. The van der Waals surface area contributed by atoms with Crippen molar-refractivity contribution >= 4 is 29.7 Å². The summed E-state index contributed by atoms with van der Waals surface area (Å²) in [7, 11) is 0. The first-order valence-electron chi connectivity index (χ1n) is 11.1. The van der Waals surface area contributed by atoms with Crippen LogP contribution in [0.3, 0.4) is 0 Å². The zero-order chi connectivity index (χ0) is 25.4. The molecule has 188 valence electrons. The number of amides is 3. The van der Waals surface area contributed by atoms with Crippen LogP contribution in [-0.2, 0) is 30.4 Å². The van der Waals surface area contributed by atoms with E-state index in [0.29, 0.717) is 31.5 Å². The first-order valence-corrected chi connectivity index (χ1v) is 11.1. The maximum atomic E-state index is 12.9. The topological polar surface area (TPSA) is 208 Å². The molecule has 1 aromatic rings. The molecule has 0 radical (unpaired) electrons. The van der Waals surface area contributed by atoms with E-state index in [1.54, 1.807) is 0 Å². The molecule has 5 unspecified atom stereocenters. The molecule has 34 heavy (non-hydrogen) atoms. The Balaban J connectivity index is 2.11. The normalized spacial score (nSPS) is 19.0. The highest BCUT2D eigenvalue weighted by molar-refractivity contribution is 5.95. The highest BCUT2D eigenvalue weighted by Gasteiger charge is 2.39. The van der Waals surface area contributed by atoms with Gasteiger partial charge in [0, 0.05) is 24.9 Å². The minimum atomic E-state index is -1.53. The monoisotopic (exact) mass is 480 g/mol. The second-order valence-corrected chi connectivity index (χ2v) is 8.44. The smallest absolute Gasteiger partial charge is 0.326 e. The number of likely N-dealkylation sites (tertiary alicyclic amines) is 1. The van der Waals surface area contributed by atoms with E-state index in [-0.39, 0.29) is 18.2 Å². The molecule has 1 aromatic heterocycles. The van der Waals surface area contributed by atoms with Crippen LogP contribution in [0.15, 0.2) is 12.5 Å². The Morgan fingerprint density at radius 1 is 1.24 bits per heavy atom. The fourth-order valence-electron chi connectivity index (χ4n) is 3.73. The summed E-state index contributed by atoms with van der Waals surface area (Å²) in [5.41, 5.74) is 6.49. The number of rotatable bonds is 12. The molecule has 2 heterocycles. The summed E-state index contributed by atoms with van der Waals surface area (Å²) in [5, 5.41) is 23.3. The number of carboxylic acids is 2. The zero-order valence-electron chi connectivity index (χ0n) is 19.2. The Hall–Kier alpha value is -3.48. The van der Waals surface area contributed by atoms with Crippen LogP contribution in [0, 0.1) is 5.92 Å². The Bertz CT molecular complexity index is 890. The van der Waals surface area contributed by atoms with Gasteiger partial charge in [-0.2, -0.15) is 0 Å². The molecule has 1 aliphatic heterocycles. The van der Waals surface area contributed by atoms with Gasteiger partial charge in [-0.15, -0.1) is 0 Å². The summed E-state index contributed by atoms with van der Waals surface area (Å²) < 4.78 is 0. The lowest BCUT2D eigenvalue weighted by Gasteiger charge is -2.30. The van der Waals surface area contributed by atoms with Crippen LogP contribution >= 0.6 is 0 Å². The number of aromatic amines is 1. The van der Waals surface area contributed by atoms with Gasteiger partial charge in [0.2, 0.25) is 17.7 Å². The third kappa shape index (κ3) is 7.01. The molecule has 5 atom stereocenters. The average molecular weight is 481 g/mol. The highest BCUT2D eigenvalue weighted by atomic mass is 16.4. The second kappa shape index (κ2) is 12.1. The van der Waals surface area contributed by atoms with Gasteiger partial charge in [0.1, 0.15) is 18.1 Å². The van der Waals surface area contributed by atoms with Gasteiger partial charge in [-0.1, -0.05) is 20.3 Å². The Labute approximate surface area is 196 Å². The number of carbonyl (C=O) groups excluding carboxylic acids is 3. The van der Waals surface area contributed by atoms with Gasteiger partial charge in [0.25, 0.3) is 0 Å². The standard InChI is InChI=1S/C21H32N6O7/c1-3-11(2)17(22)20(32)27-6-4-5-15(27)19(31)25-13(8-16(28)29)18(30)26-14(21(33)34)7-12-9-23-10-24-12/h9-11,13-15,17H,3-8,22H2,1-2H3,(H,23,24)(H,25,31)(H,26,30)(H,28,29)(H,33,34). The van der Waals surface area contributed by atoms with E-state index in [4.69, 9.17) is 5.73 Å². The van der Waals surface area contributed by atoms with Crippen molar-refractivity contribution in [2.75, 3.05) is 6.54 Å². The molecule has 1 saturated heterocycles. The number of aliphatic carboxylic acids is 2. The third-order valence-corrected chi connectivity index (χ3v) is 5.99. The Morgan fingerprint density at radius 3 is 2.50 bits per heavy atom. The summed E-state index contributed by atoms with van der Waals surface area (Å²) in [4.78, 5) is 69.3. The number of H-pyrrole nitrogens is 1. The third-order valence-electron chi connectivity index (χ3n) is 5.99. The summed E-state index contributed by atoms with van der Waals surface area (Å²) in [6.45, 7) is 4.06. The maximum absolute atomic E-state index is 12.9. The van der Waals surface area contributed by atoms with Crippen LogP contribution in [-0.4, -0.2) is 85.5 Å². The lowest BCUT2D eigenvalue weighted by Crippen LogP contribution is -2.57. The van der Waals surface area contributed by atoms with E-state index < -0.39 is 54.3 Å². The van der Waals surface area contributed by atoms with E-state index >= 15 is 0 Å². The van der Waals surface area contributed by atoms with Gasteiger partial charge < -0.3 is 36.5 Å². The lowest BCUT2D eigenvalue weighted by molar-refractivity contribution is -0.145. The Kier molecular flexibility index (Phi) is 9.54. The molecule has 1 fully saturated rings. The first-order chi connectivity index (χ1) is 16.0. The molecule has 1 aliphatic rings. The fourth-order valence-corrected chi connectivity index (χ4v) is 3.73. The van der Waals surface area contributed by atoms with Gasteiger partial charge in [0.05, 0.1) is 18.8 Å². The van der Waals surface area contributed by atoms with Gasteiger partial charge in [-0.05, 0) is 18.8 Å². The predicted molar refractivity (Wildman–Crippen MR) is 118 cm³/mol. The van der Waals surface area contributed by atoms with Gasteiger partial charge >= 0.3 is 11.9 Å². The number of carboxylic acid groups (broad SMARTS) is 2. The zero-order valence-corrected chi connectivity index (χ0v) is 19.2.